The van der Waals surface area contributed by atoms with Crippen molar-refractivity contribution in [3.05, 3.63) is 64.7 Å². The lowest BCUT2D eigenvalue weighted by Gasteiger charge is -2.02. The smallest absolute Gasteiger partial charge is 0.209 e. The standard InChI is InChI=1S/C21H22ClN3OS/c1-2-3-4-5-15-6-8-17(9-7-15)20-23-21(25-24-20)27-14-19(26)16-10-12-18(22)13-11-16/h6-13H,2-5,14H2,1H3,(H,23,24,25). The summed E-state index contributed by atoms with van der Waals surface area (Å²) in [4.78, 5) is 16.7. The molecule has 1 aromatic heterocycles. The minimum absolute atomic E-state index is 0.0273. The van der Waals surface area contributed by atoms with Crippen LogP contribution in [0, 0.1) is 0 Å². The molecular formula is C21H22ClN3OS. The lowest BCUT2D eigenvalue weighted by atomic mass is 10.1. The van der Waals surface area contributed by atoms with Crippen LogP contribution in [-0.2, 0) is 6.42 Å². The first-order chi connectivity index (χ1) is 13.2. The SMILES string of the molecule is CCCCCc1ccc(-c2nc(SCC(=O)c3ccc(Cl)cc3)n[nH]2)cc1. The van der Waals surface area contributed by atoms with E-state index >= 15 is 0 Å². The topological polar surface area (TPSA) is 58.6 Å². The lowest BCUT2D eigenvalue weighted by molar-refractivity contribution is 0.102. The van der Waals surface area contributed by atoms with Gasteiger partial charge in [-0.3, -0.25) is 9.89 Å². The van der Waals surface area contributed by atoms with Gasteiger partial charge in [-0.1, -0.05) is 67.4 Å². The predicted octanol–water partition coefficient (Wildman–Crippen LogP) is 5.83. The fraction of sp³-hybridized carbons (Fsp3) is 0.286. The molecule has 2 aromatic carbocycles. The maximum absolute atomic E-state index is 12.2. The zero-order chi connectivity index (χ0) is 19.1. The number of carbonyl (C=O) groups is 1. The van der Waals surface area contributed by atoms with Crippen molar-refractivity contribution in [1.29, 1.82) is 0 Å². The molecule has 0 aliphatic carbocycles. The van der Waals surface area contributed by atoms with Gasteiger partial charge in [0.1, 0.15) is 0 Å². The van der Waals surface area contributed by atoms with Gasteiger partial charge < -0.3 is 0 Å². The van der Waals surface area contributed by atoms with Gasteiger partial charge in [0.05, 0.1) is 5.75 Å². The van der Waals surface area contributed by atoms with E-state index in [9.17, 15) is 4.79 Å². The Labute approximate surface area is 168 Å². The molecule has 0 aliphatic heterocycles. The molecule has 4 nitrogen and oxygen atoms in total. The van der Waals surface area contributed by atoms with Crippen molar-refractivity contribution in [3.63, 3.8) is 0 Å². The molecule has 0 atom stereocenters. The Balaban J connectivity index is 1.56. The highest BCUT2D eigenvalue weighted by Crippen LogP contribution is 2.21. The molecule has 0 radical (unpaired) electrons. The minimum Gasteiger partial charge on any atom is -0.293 e. The van der Waals surface area contributed by atoms with E-state index in [4.69, 9.17) is 11.6 Å². The van der Waals surface area contributed by atoms with Crippen molar-refractivity contribution < 1.29 is 4.79 Å². The van der Waals surface area contributed by atoms with E-state index in [1.807, 2.05) is 0 Å². The summed E-state index contributed by atoms with van der Waals surface area (Å²) >= 11 is 7.17. The van der Waals surface area contributed by atoms with Gasteiger partial charge >= 0.3 is 0 Å². The highest BCUT2D eigenvalue weighted by atomic mass is 35.5. The molecular weight excluding hydrogens is 378 g/mol. The molecule has 6 heteroatoms. The molecule has 3 aromatic rings. The number of hydrogen-bond donors (Lipinski definition) is 1. The maximum Gasteiger partial charge on any atom is 0.209 e. The molecule has 0 spiro atoms. The van der Waals surface area contributed by atoms with Gasteiger partial charge in [-0.25, -0.2) is 4.98 Å². The average Bonchev–Trinajstić information content (AvgIpc) is 3.16. The molecule has 1 heterocycles. The van der Waals surface area contributed by atoms with Crippen molar-refractivity contribution in [2.45, 2.75) is 37.8 Å². The molecule has 0 saturated heterocycles. The number of thioether (sulfide) groups is 1. The summed E-state index contributed by atoms with van der Waals surface area (Å²) in [5.74, 6) is 1.03. The number of unbranched alkanes of at least 4 members (excludes halogenated alkanes) is 2. The number of halogens is 1. The third-order valence-corrected chi connectivity index (χ3v) is 5.36. The van der Waals surface area contributed by atoms with Crippen LogP contribution in [0.25, 0.3) is 11.4 Å². The number of Topliss-reactive ketones (excluding diaryl/α,β-unsaturated/α-hetero) is 1. The second-order valence-electron chi connectivity index (χ2n) is 6.34. The van der Waals surface area contributed by atoms with Crippen LogP contribution < -0.4 is 0 Å². The number of hydrogen-bond acceptors (Lipinski definition) is 4. The maximum atomic E-state index is 12.2. The van der Waals surface area contributed by atoms with Gasteiger partial charge in [0.2, 0.25) is 5.16 Å². The molecule has 0 saturated carbocycles. The summed E-state index contributed by atoms with van der Waals surface area (Å²) in [5.41, 5.74) is 2.98. The zero-order valence-electron chi connectivity index (χ0n) is 15.2. The fourth-order valence-corrected chi connectivity index (χ4v) is 3.52. The quantitative estimate of drug-likeness (QED) is 0.279. The largest absolute Gasteiger partial charge is 0.293 e. The minimum atomic E-state index is 0.0273. The molecule has 27 heavy (non-hydrogen) atoms. The highest BCUT2D eigenvalue weighted by molar-refractivity contribution is 7.99. The van der Waals surface area contributed by atoms with Crippen molar-refractivity contribution in [2.24, 2.45) is 0 Å². The summed E-state index contributed by atoms with van der Waals surface area (Å²) < 4.78 is 0. The fourth-order valence-electron chi connectivity index (χ4n) is 2.70. The van der Waals surface area contributed by atoms with Crippen molar-refractivity contribution in [3.8, 4) is 11.4 Å². The van der Waals surface area contributed by atoms with Crippen molar-refractivity contribution >= 4 is 29.1 Å². The van der Waals surface area contributed by atoms with E-state index in [0.717, 1.165) is 17.8 Å². The number of aromatic nitrogens is 3. The normalized spacial score (nSPS) is 10.9. The number of H-pyrrole nitrogens is 1. The summed E-state index contributed by atoms with van der Waals surface area (Å²) in [5, 5.41) is 8.35. The first-order valence-electron chi connectivity index (χ1n) is 9.09. The third-order valence-electron chi connectivity index (χ3n) is 4.26. The van der Waals surface area contributed by atoms with E-state index in [2.05, 4.69) is 46.4 Å². The van der Waals surface area contributed by atoms with Gasteiger partial charge in [0.15, 0.2) is 11.6 Å². The van der Waals surface area contributed by atoms with Gasteiger partial charge in [0.25, 0.3) is 0 Å². The molecule has 0 bridgehead atoms. The second-order valence-corrected chi connectivity index (χ2v) is 7.72. The number of ketones is 1. The van der Waals surface area contributed by atoms with E-state index in [-0.39, 0.29) is 11.5 Å². The summed E-state index contributed by atoms with van der Waals surface area (Å²) in [6.07, 6.45) is 4.83. The number of rotatable bonds is 9. The molecule has 0 fully saturated rings. The Morgan fingerprint density at radius 1 is 1.07 bits per heavy atom. The van der Waals surface area contributed by atoms with Crippen LogP contribution in [0.1, 0.15) is 42.1 Å². The summed E-state index contributed by atoms with van der Waals surface area (Å²) in [7, 11) is 0. The summed E-state index contributed by atoms with van der Waals surface area (Å²) in [6.45, 7) is 2.21. The lowest BCUT2D eigenvalue weighted by Crippen LogP contribution is -2.02. The Bertz CT molecular complexity index is 875. The Morgan fingerprint density at radius 2 is 1.81 bits per heavy atom. The van der Waals surface area contributed by atoms with Crippen molar-refractivity contribution in [2.75, 3.05) is 5.75 Å². The van der Waals surface area contributed by atoms with Crippen molar-refractivity contribution in [1.82, 2.24) is 15.2 Å². The molecule has 1 N–H and O–H groups in total. The van der Waals surface area contributed by atoms with Crippen LogP contribution >= 0.6 is 23.4 Å². The van der Waals surface area contributed by atoms with Crippen LogP contribution in [0.15, 0.2) is 53.7 Å². The molecule has 0 unspecified atom stereocenters. The Hall–Kier alpha value is -2.11. The predicted molar refractivity (Wildman–Crippen MR) is 112 cm³/mol. The van der Waals surface area contributed by atoms with Gasteiger partial charge in [-0.15, -0.1) is 5.10 Å². The van der Waals surface area contributed by atoms with E-state index in [0.29, 0.717) is 15.7 Å². The second kappa shape index (κ2) is 9.72. The zero-order valence-corrected chi connectivity index (χ0v) is 16.8. The first-order valence-corrected chi connectivity index (χ1v) is 10.5. The first kappa shape index (κ1) is 19.6. The number of benzene rings is 2. The van der Waals surface area contributed by atoms with Crippen LogP contribution in [0.4, 0.5) is 0 Å². The molecule has 140 valence electrons. The third kappa shape index (κ3) is 5.68. The van der Waals surface area contributed by atoms with E-state index < -0.39 is 0 Å². The van der Waals surface area contributed by atoms with E-state index in [1.54, 1.807) is 24.3 Å². The molecule has 0 aliphatic rings. The molecule has 0 amide bonds. The van der Waals surface area contributed by atoms with Gasteiger partial charge in [0, 0.05) is 16.1 Å². The van der Waals surface area contributed by atoms with Crippen LogP contribution in [0.5, 0.6) is 0 Å². The Kier molecular flexibility index (Phi) is 7.07. The average molecular weight is 400 g/mol. The summed E-state index contributed by atoms with van der Waals surface area (Å²) in [6, 6.07) is 15.3. The van der Waals surface area contributed by atoms with Gasteiger partial charge in [-0.05, 0) is 42.7 Å². The van der Waals surface area contributed by atoms with Crippen LogP contribution in [0.2, 0.25) is 5.02 Å². The number of nitrogens with one attached hydrogen (secondary N) is 1. The van der Waals surface area contributed by atoms with Crippen LogP contribution in [-0.4, -0.2) is 26.7 Å². The number of aromatic amines is 1. The number of nitrogens with zero attached hydrogens (tertiary/aromatic N) is 2. The Morgan fingerprint density at radius 3 is 2.52 bits per heavy atom. The molecule has 3 rings (SSSR count). The number of aryl methyl sites for hydroxylation is 1. The monoisotopic (exact) mass is 399 g/mol. The highest BCUT2D eigenvalue weighted by Gasteiger charge is 2.11. The number of carbonyl (C=O) groups excluding carboxylic acids is 1. The van der Waals surface area contributed by atoms with E-state index in [1.165, 1.54) is 36.6 Å². The van der Waals surface area contributed by atoms with Crippen LogP contribution in [0.3, 0.4) is 0 Å². The van der Waals surface area contributed by atoms with Gasteiger partial charge in [-0.2, -0.15) is 0 Å².